The van der Waals surface area contributed by atoms with Crippen molar-refractivity contribution in [3.63, 3.8) is 0 Å². The van der Waals surface area contributed by atoms with Crippen LogP contribution in [0.1, 0.15) is 25.3 Å². The number of rotatable bonds is 5. The van der Waals surface area contributed by atoms with Crippen LogP contribution < -0.4 is 4.74 Å². The number of ether oxygens (including phenoxy) is 1. The Morgan fingerprint density at radius 2 is 2.11 bits per heavy atom. The number of nitrogens with zero attached hydrogens (tertiary/aromatic N) is 2. The molecule has 0 atom stereocenters. The second-order valence-corrected chi connectivity index (χ2v) is 4.53. The lowest BCUT2D eigenvalue weighted by atomic mass is 10.1. The minimum Gasteiger partial charge on any atom is -0.496 e. The molecule has 1 heterocycles. The highest BCUT2D eigenvalue weighted by Gasteiger charge is 2.04. The molecule has 3 nitrogen and oxygen atoms in total. The molecule has 3 heteroatoms. The number of unbranched alkanes of at least 4 members (excludes halogenated alkanes) is 1. The van der Waals surface area contributed by atoms with Crippen LogP contribution >= 0.6 is 0 Å². The van der Waals surface area contributed by atoms with Gasteiger partial charge < -0.3 is 4.74 Å². The van der Waals surface area contributed by atoms with Gasteiger partial charge in [-0.15, -0.1) is 0 Å². The monoisotopic (exact) mass is 244 g/mol. The molecule has 0 spiro atoms. The zero-order valence-corrected chi connectivity index (χ0v) is 11.3. The van der Waals surface area contributed by atoms with Crippen molar-refractivity contribution in [1.82, 2.24) is 9.78 Å². The highest BCUT2D eigenvalue weighted by atomic mass is 16.5. The van der Waals surface area contributed by atoms with E-state index >= 15 is 0 Å². The van der Waals surface area contributed by atoms with E-state index in [-0.39, 0.29) is 0 Å². The lowest BCUT2D eigenvalue weighted by Gasteiger charge is -2.05. The minimum absolute atomic E-state index is 0.928. The molecule has 0 bridgehead atoms. The molecule has 0 saturated heterocycles. The van der Waals surface area contributed by atoms with E-state index in [1.54, 1.807) is 7.11 Å². The van der Waals surface area contributed by atoms with Gasteiger partial charge in [0, 0.05) is 18.3 Å². The van der Waals surface area contributed by atoms with E-state index in [9.17, 15) is 0 Å². The van der Waals surface area contributed by atoms with Crippen LogP contribution in [0.3, 0.4) is 0 Å². The molecule has 0 saturated carbocycles. The average molecular weight is 244 g/mol. The van der Waals surface area contributed by atoms with Gasteiger partial charge in [-0.25, -0.2) is 0 Å². The van der Waals surface area contributed by atoms with Gasteiger partial charge in [0.25, 0.3) is 0 Å². The molecule has 2 rings (SSSR count). The van der Waals surface area contributed by atoms with Gasteiger partial charge in [0.15, 0.2) is 0 Å². The van der Waals surface area contributed by atoms with Crippen molar-refractivity contribution in [3.05, 3.63) is 36.2 Å². The summed E-state index contributed by atoms with van der Waals surface area (Å²) in [5.41, 5.74) is 3.50. The third kappa shape index (κ3) is 2.73. The molecule has 0 radical (unpaired) electrons. The summed E-state index contributed by atoms with van der Waals surface area (Å²) in [5.74, 6) is 0.928. The average Bonchev–Trinajstić information content (AvgIpc) is 2.85. The Kier molecular flexibility index (Phi) is 4.03. The van der Waals surface area contributed by atoms with Gasteiger partial charge in [-0.1, -0.05) is 19.4 Å². The van der Waals surface area contributed by atoms with Crippen molar-refractivity contribution < 1.29 is 4.74 Å². The summed E-state index contributed by atoms with van der Waals surface area (Å²) in [6.07, 6.45) is 6.40. The summed E-state index contributed by atoms with van der Waals surface area (Å²) in [6.45, 7) is 5.24. The van der Waals surface area contributed by atoms with Gasteiger partial charge in [-0.3, -0.25) is 4.68 Å². The van der Waals surface area contributed by atoms with E-state index in [1.165, 1.54) is 18.4 Å². The highest BCUT2D eigenvalue weighted by Crippen LogP contribution is 2.25. The standard InChI is InChI=1S/C15H20N2O/c1-4-5-8-17-11-14(10-16-17)13-6-7-15(18-3)12(2)9-13/h6-7,9-11H,4-5,8H2,1-3H3. The maximum absolute atomic E-state index is 5.27. The predicted octanol–water partition coefficient (Wildman–Crippen LogP) is 3.67. The first kappa shape index (κ1) is 12.7. The van der Waals surface area contributed by atoms with E-state index in [0.717, 1.165) is 23.4 Å². The van der Waals surface area contributed by atoms with Gasteiger partial charge in [-0.05, 0) is 36.6 Å². The van der Waals surface area contributed by atoms with Gasteiger partial charge in [-0.2, -0.15) is 5.10 Å². The third-order valence-corrected chi connectivity index (χ3v) is 3.10. The van der Waals surface area contributed by atoms with Crippen molar-refractivity contribution in [2.45, 2.75) is 33.2 Å². The summed E-state index contributed by atoms with van der Waals surface area (Å²) in [7, 11) is 1.70. The lowest BCUT2D eigenvalue weighted by molar-refractivity contribution is 0.412. The summed E-state index contributed by atoms with van der Waals surface area (Å²) in [6, 6.07) is 6.22. The fourth-order valence-electron chi connectivity index (χ4n) is 2.01. The normalized spacial score (nSPS) is 10.6. The number of methoxy groups -OCH3 is 1. The number of hydrogen-bond donors (Lipinski definition) is 0. The van der Waals surface area contributed by atoms with Gasteiger partial charge in [0.1, 0.15) is 5.75 Å². The quantitative estimate of drug-likeness (QED) is 0.802. The summed E-state index contributed by atoms with van der Waals surface area (Å²) < 4.78 is 7.29. The number of aromatic nitrogens is 2. The minimum atomic E-state index is 0.928. The van der Waals surface area contributed by atoms with Crippen LogP contribution in [-0.2, 0) is 6.54 Å². The fourth-order valence-corrected chi connectivity index (χ4v) is 2.01. The Morgan fingerprint density at radius 3 is 2.78 bits per heavy atom. The topological polar surface area (TPSA) is 27.1 Å². The van der Waals surface area contributed by atoms with E-state index < -0.39 is 0 Å². The number of hydrogen-bond acceptors (Lipinski definition) is 2. The Morgan fingerprint density at radius 1 is 1.28 bits per heavy atom. The van der Waals surface area contributed by atoms with Crippen LogP contribution in [0.15, 0.2) is 30.6 Å². The van der Waals surface area contributed by atoms with Gasteiger partial charge >= 0.3 is 0 Å². The molecule has 0 aliphatic rings. The second-order valence-electron chi connectivity index (χ2n) is 4.53. The van der Waals surface area contributed by atoms with Crippen LogP contribution in [-0.4, -0.2) is 16.9 Å². The second kappa shape index (κ2) is 5.71. The van der Waals surface area contributed by atoms with Crippen LogP contribution in [0.2, 0.25) is 0 Å². The molecule has 0 N–H and O–H groups in total. The first-order valence-corrected chi connectivity index (χ1v) is 6.42. The summed E-state index contributed by atoms with van der Waals surface area (Å²) in [4.78, 5) is 0. The van der Waals surface area contributed by atoms with E-state index in [0.29, 0.717) is 0 Å². The van der Waals surface area contributed by atoms with Gasteiger partial charge in [0.2, 0.25) is 0 Å². The maximum Gasteiger partial charge on any atom is 0.121 e. The largest absolute Gasteiger partial charge is 0.496 e. The lowest BCUT2D eigenvalue weighted by Crippen LogP contribution is -1.96. The van der Waals surface area contributed by atoms with Crippen molar-refractivity contribution in [2.75, 3.05) is 7.11 Å². The Hall–Kier alpha value is -1.77. The molecule has 0 unspecified atom stereocenters. The third-order valence-electron chi connectivity index (χ3n) is 3.10. The Labute approximate surface area is 108 Å². The molecule has 0 aliphatic heterocycles. The van der Waals surface area contributed by atoms with Crippen LogP contribution in [0.25, 0.3) is 11.1 Å². The summed E-state index contributed by atoms with van der Waals surface area (Å²) in [5, 5.41) is 4.39. The molecular formula is C15H20N2O. The molecule has 2 aromatic rings. The summed E-state index contributed by atoms with van der Waals surface area (Å²) >= 11 is 0. The smallest absolute Gasteiger partial charge is 0.121 e. The van der Waals surface area contributed by atoms with Crippen molar-refractivity contribution in [3.8, 4) is 16.9 Å². The first-order chi connectivity index (χ1) is 8.74. The molecule has 1 aromatic heterocycles. The van der Waals surface area contributed by atoms with Crippen molar-refractivity contribution >= 4 is 0 Å². The van der Waals surface area contributed by atoms with E-state index in [1.807, 2.05) is 16.9 Å². The zero-order valence-electron chi connectivity index (χ0n) is 11.3. The van der Waals surface area contributed by atoms with Crippen LogP contribution in [0.5, 0.6) is 5.75 Å². The van der Waals surface area contributed by atoms with Crippen LogP contribution in [0.4, 0.5) is 0 Å². The maximum atomic E-state index is 5.27. The SMILES string of the molecule is CCCCn1cc(-c2ccc(OC)c(C)c2)cn1. The fraction of sp³-hybridized carbons (Fsp3) is 0.400. The van der Waals surface area contributed by atoms with Crippen molar-refractivity contribution in [2.24, 2.45) is 0 Å². The first-order valence-electron chi connectivity index (χ1n) is 6.42. The molecule has 18 heavy (non-hydrogen) atoms. The van der Waals surface area contributed by atoms with E-state index in [2.05, 4.69) is 37.3 Å². The zero-order chi connectivity index (χ0) is 13.0. The van der Waals surface area contributed by atoms with Crippen LogP contribution in [0, 0.1) is 6.92 Å². The molecule has 0 amide bonds. The Balaban J connectivity index is 2.20. The van der Waals surface area contributed by atoms with Crippen molar-refractivity contribution in [1.29, 1.82) is 0 Å². The van der Waals surface area contributed by atoms with Gasteiger partial charge in [0.05, 0.1) is 13.3 Å². The number of benzene rings is 1. The molecule has 0 aliphatic carbocycles. The highest BCUT2D eigenvalue weighted by molar-refractivity contribution is 5.64. The predicted molar refractivity (Wildman–Crippen MR) is 73.9 cm³/mol. The number of aryl methyl sites for hydroxylation is 2. The molecule has 1 aromatic carbocycles. The van der Waals surface area contributed by atoms with E-state index in [4.69, 9.17) is 4.74 Å². The molecule has 0 fully saturated rings. The molecular weight excluding hydrogens is 224 g/mol. The Bertz CT molecular complexity index is 517. The molecule has 96 valence electrons.